The highest BCUT2D eigenvalue weighted by molar-refractivity contribution is 7.99. The Kier molecular flexibility index (Phi) is 6.10. The maximum atomic E-state index is 11.4. The van der Waals surface area contributed by atoms with Crippen LogP contribution >= 0.6 is 11.8 Å². The molecule has 0 rings (SSSR count). The first-order chi connectivity index (χ1) is 6.70. The Morgan fingerprint density at radius 1 is 1.33 bits per heavy atom. The summed E-state index contributed by atoms with van der Waals surface area (Å²) >= 11 is 1.83. The molecule has 0 aliphatic heterocycles. The van der Waals surface area contributed by atoms with Gasteiger partial charge < -0.3 is 10.1 Å². The van der Waals surface area contributed by atoms with Gasteiger partial charge in [0.25, 0.3) is 0 Å². The number of carbonyl (C=O) groups is 1. The van der Waals surface area contributed by atoms with Crippen molar-refractivity contribution in [2.75, 3.05) is 5.75 Å². The van der Waals surface area contributed by atoms with Crippen molar-refractivity contribution >= 4 is 17.9 Å². The Morgan fingerprint density at radius 3 is 2.27 bits per heavy atom. The largest absolute Gasteiger partial charge is 0.444 e. The topological polar surface area (TPSA) is 38.3 Å². The van der Waals surface area contributed by atoms with Gasteiger partial charge >= 0.3 is 6.09 Å². The van der Waals surface area contributed by atoms with Crippen LogP contribution in [0, 0.1) is 0 Å². The van der Waals surface area contributed by atoms with Crippen molar-refractivity contribution in [3.05, 3.63) is 0 Å². The van der Waals surface area contributed by atoms with Crippen LogP contribution in [0.5, 0.6) is 0 Å². The second kappa shape index (κ2) is 6.26. The SMILES string of the molecule is CC(CSC(C)C)NC(=O)OC(C)(C)C. The van der Waals surface area contributed by atoms with E-state index in [0.29, 0.717) is 5.25 Å². The predicted molar refractivity (Wildman–Crippen MR) is 66.4 cm³/mol. The Bertz CT molecular complexity index is 199. The summed E-state index contributed by atoms with van der Waals surface area (Å²) in [7, 11) is 0. The van der Waals surface area contributed by atoms with E-state index in [1.54, 1.807) is 0 Å². The minimum absolute atomic E-state index is 0.146. The van der Waals surface area contributed by atoms with Gasteiger partial charge in [0.1, 0.15) is 5.60 Å². The number of ether oxygens (including phenoxy) is 1. The van der Waals surface area contributed by atoms with Crippen LogP contribution in [0.2, 0.25) is 0 Å². The molecule has 0 aromatic heterocycles. The Morgan fingerprint density at radius 2 is 1.87 bits per heavy atom. The van der Waals surface area contributed by atoms with Crippen LogP contribution in [0.4, 0.5) is 4.79 Å². The van der Waals surface area contributed by atoms with Crippen molar-refractivity contribution in [2.45, 2.75) is 58.4 Å². The van der Waals surface area contributed by atoms with E-state index in [1.165, 1.54) is 0 Å². The number of alkyl carbamates (subject to hydrolysis) is 1. The van der Waals surface area contributed by atoms with Crippen molar-refractivity contribution in [3.8, 4) is 0 Å². The molecule has 0 spiro atoms. The molecule has 90 valence electrons. The first-order valence-corrected chi connectivity index (χ1v) is 6.36. The van der Waals surface area contributed by atoms with Gasteiger partial charge in [0.2, 0.25) is 0 Å². The molecule has 3 nitrogen and oxygen atoms in total. The molecule has 0 aromatic rings. The van der Waals surface area contributed by atoms with Crippen LogP contribution in [-0.2, 0) is 4.74 Å². The van der Waals surface area contributed by atoms with Crippen LogP contribution in [0.1, 0.15) is 41.5 Å². The number of amides is 1. The number of hydrogen-bond donors (Lipinski definition) is 1. The Labute approximate surface area is 97.3 Å². The summed E-state index contributed by atoms with van der Waals surface area (Å²) in [6.45, 7) is 11.9. The van der Waals surface area contributed by atoms with Crippen molar-refractivity contribution in [1.29, 1.82) is 0 Å². The summed E-state index contributed by atoms with van der Waals surface area (Å²) in [6, 6.07) is 0.146. The second-order valence-corrected chi connectivity index (χ2v) is 6.54. The lowest BCUT2D eigenvalue weighted by Crippen LogP contribution is -2.38. The van der Waals surface area contributed by atoms with Crippen molar-refractivity contribution < 1.29 is 9.53 Å². The molecule has 4 heteroatoms. The van der Waals surface area contributed by atoms with Crippen molar-refractivity contribution in [1.82, 2.24) is 5.32 Å². The zero-order valence-electron chi connectivity index (χ0n) is 10.6. The first-order valence-electron chi connectivity index (χ1n) is 5.32. The zero-order valence-corrected chi connectivity index (χ0v) is 11.4. The monoisotopic (exact) mass is 233 g/mol. The van der Waals surface area contributed by atoms with Gasteiger partial charge in [-0.25, -0.2) is 4.79 Å². The van der Waals surface area contributed by atoms with E-state index < -0.39 is 5.60 Å². The van der Waals surface area contributed by atoms with Gasteiger partial charge in [-0.15, -0.1) is 0 Å². The number of rotatable bonds is 4. The van der Waals surface area contributed by atoms with Gasteiger partial charge in [-0.2, -0.15) is 11.8 Å². The summed E-state index contributed by atoms with van der Waals surface area (Å²) in [5.74, 6) is 0.914. The zero-order chi connectivity index (χ0) is 12.1. The summed E-state index contributed by atoms with van der Waals surface area (Å²) in [4.78, 5) is 11.4. The maximum absolute atomic E-state index is 11.4. The van der Waals surface area contributed by atoms with E-state index >= 15 is 0 Å². The molecule has 0 aliphatic carbocycles. The molecule has 0 saturated carbocycles. The normalized spacial score (nSPS) is 13.8. The maximum Gasteiger partial charge on any atom is 0.407 e. The molecule has 0 aromatic carbocycles. The highest BCUT2D eigenvalue weighted by Crippen LogP contribution is 2.11. The van der Waals surface area contributed by atoms with Crippen LogP contribution in [0.15, 0.2) is 0 Å². The van der Waals surface area contributed by atoms with Crippen molar-refractivity contribution in [3.63, 3.8) is 0 Å². The predicted octanol–water partition coefficient (Wildman–Crippen LogP) is 3.04. The van der Waals surface area contributed by atoms with Crippen LogP contribution in [-0.4, -0.2) is 28.7 Å². The third-order valence-electron chi connectivity index (χ3n) is 1.44. The number of thioether (sulfide) groups is 1. The summed E-state index contributed by atoms with van der Waals surface area (Å²) in [5.41, 5.74) is -0.422. The number of carbonyl (C=O) groups excluding carboxylic acids is 1. The third kappa shape index (κ3) is 9.91. The first kappa shape index (κ1) is 14.6. The fraction of sp³-hybridized carbons (Fsp3) is 0.909. The lowest BCUT2D eigenvalue weighted by atomic mass is 10.2. The van der Waals surface area contributed by atoms with Crippen LogP contribution < -0.4 is 5.32 Å². The quantitative estimate of drug-likeness (QED) is 0.811. The van der Waals surface area contributed by atoms with Crippen LogP contribution in [0.25, 0.3) is 0 Å². The van der Waals surface area contributed by atoms with Gasteiger partial charge in [0.15, 0.2) is 0 Å². The lowest BCUT2D eigenvalue weighted by molar-refractivity contribution is 0.0513. The van der Waals surface area contributed by atoms with E-state index in [0.717, 1.165) is 5.75 Å². The Hall–Kier alpha value is -0.380. The standard InChI is InChI=1S/C11H23NO2S/c1-8(2)15-7-9(3)12-10(13)14-11(4,5)6/h8-9H,7H2,1-6H3,(H,12,13). The van der Waals surface area contributed by atoms with E-state index in [2.05, 4.69) is 19.2 Å². The highest BCUT2D eigenvalue weighted by atomic mass is 32.2. The average Bonchev–Trinajstić information content (AvgIpc) is 1.96. The summed E-state index contributed by atoms with van der Waals surface area (Å²) in [5, 5.41) is 3.40. The second-order valence-electron chi connectivity index (χ2n) is 4.93. The minimum atomic E-state index is -0.422. The number of nitrogens with one attached hydrogen (secondary N) is 1. The molecule has 15 heavy (non-hydrogen) atoms. The van der Waals surface area contributed by atoms with Gasteiger partial charge in [-0.05, 0) is 32.9 Å². The molecule has 1 amide bonds. The summed E-state index contributed by atoms with van der Waals surface area (Å²) < 4.78 is 5.16. The van der Waals surface area contributed by atoms with E-state index in [1.807, 2.05) is 39.5 Å². The molecule has 0 fully saturated rings. The molecular weight excluding hydrogens is 210 g/mol. The molecule has 1 N–H and O–H groups in total. The molecule has 1 unspecified atom stereocenters. The van der Waals surface area contributed by atoms with Gasteiger partial charge in [-0.3, -0.25) is 0 Å². The highest BCUT2D eigenvalue weighted by Gasteiger charge is 2.17. The lowest BCUT2D eigenvalue weighted by Gasteiger charge is -2.22. The van der Waals surface area contributed by atoms with Gasteiger partial charge in [0, 0.05) is 11.8 Å². The number of hydrogen-bond acceptors (Lipinski definition) is 3. The molecule has 1 atom stereocenters. The van der Waals surface area contributed by atoms with Crippen molar-refractivity contribution in [2.24, 2.45) is 0 Å². The fourth-order valence-corrected chi connectivity index (χ4v) is 1.64. The molecule has 0 aliphatic rings. The fourth-order valence-electron chi connectivity index (χ4n) is 0.887. The Balaban J connectivity index is 3.77. The third-order valence-corrected chi connectivity index (χ3v) is 2.80. The minimum Gasteiger partial charge on any atom is -0.444 e. The van der Waals surface area contributed by atoms with E-state index in [9.17, 15) is 4.79 Å². The molecule has 0 saturated heterocycles. The average molecular weight is 233 g/mol. The van der Waals surface area contributed by atoms with E-state index in [4.69, 9.17) is 4.74 Å². The van der Waals surface area contributed by atoms with Crippen LogP contribution in [0.3, 0.4) is 0 Å². The summed E-state index contributed by atoms with van der Waals surface area (Å²) in [6.07, 6.45) is -0.334. The smallest absolute Gasteiger partial charge is 0.407 e. The van der Waals surface area contributed by atoms with E-state index in [-0.39, 0.29) is 12.1 Å². The molecule has 0 radical (unpaired) electrons. The van der Waals surface area contributed by atoms with Gasteiger partial charge in [0.05, 0.1) is 0 Å². The molecule has 0 heterocycles. The molecule has 0 bridgehead atoms. The molecular formula is C11H23NO2S. The van der Waals surface area contributed by atoms with Gasteiger partial charge in [-0.1, -0.05) is 13.8 Å².